The molecule has 0 radical (unpaired) electrons. The second-order valence-electron chi connectivity index (χ2n) is 10.6. The molecule has 0 spiro atoms. The molecule has 7 nitrogen and oxygen atoms in total. The van der Waals surface area contributed by atoms with Gasteiger partial charge in [-0.3, -0.25) is 4.57 Å². The van der Waals surface area contributed by atoms with E-state index in [1.807, 2.05) is 71.9 Å². The lowest BCUT2D eigenvalue weighted by molar-refractivity contribution is 0.00578. The summed E-state index contributed by atoms with van der Waals surface area (Å²) in [6.45, 7) is 12.3. The van der Waals surface area contributed by atoms with Crippen molar-refractivity contribution in [2.75, 3.05) is 0 Å². The molecule has 9 heteroatoms. The molecule has 1 saturated heterocycles. The van der Waals surface area contributed by atoms with Crippen LogP contribution in [0.4, 0.5) is 4.39 Å². The molecule has 0 saturated carbocycles. The number of imidazole rings is 1. The molecule has 0 atom stereocenters. The molecule has 36 heavy (non-hydrogen) atoms. The van der Waals surface area contributed by atoms with Crippen LogP contribution < -0.4 is 11.2 Å². The van der Waals surface area contributed by atoms with Gasteiger partial charge in [-0.25, -0.2) is 19.2 Å². The van der Waals surface area contributed by atoms with Gasteiger partial charge in [-0.05, 0) is 50.7 Å². The predicted molar refractivity (Wildman–Crippen MR) is 139 cm³/mol. The van der Waals surface area contributed by atoms with E-state index in [4.69, 9.17) is 9.31 Å². The SMILES string of the molecule is CC(C)c1c(F)cccc1-c1ncc2[nH]c(=O)n(Cc3ccc(B4OC(C)(C)C(C)(C)O4)cc3)c2n1. The van der Waals surface area contributed by atoms with Crippen LogP contribution in [0.25, 0.3) is 22.6 Å². The third-order valence-electron chi connectivity index (χ3n) is 7.23. The highest BCUT2D eigenvalue weighted by atomic mass is 19.1. The first-order valence-corrected chi connectivity index (χ1v) is 12.2. The molecule has 3 heterocycles. The van der Waals surface area contributed by atoms with E-state index in [2.05, 4.69) is 15.0 Å². The van der Waals surface area contributed by atoms with Gasteiger partial charge in [-0.1, -0.05) is 50.2 Å². The van der Waals surface area contributed by atoms with E-state index in [0.29, 0.717) is 34.7 Å². The van der Waals surface area contributed by atoms with Gasteiger partial charge in [0.15, 0.2) is 11.5 Å². The minimum atomic E-state index is -0.448. The van der Waals surface area contributed by atoms with Gasteiger partial charge in [0.2, 0.25) is 0 Å². The van der Waals surface area contributed by atoms with Crippen molar-refractivity contribution in [1.82, 2.24) is 19.5 Å². The van der Waals surface area contributed by atoms with Gasteiger partial charge in [-0.15, -0.1) is 0 Å². The Kier molecular flexibility index (Phi) is 5.88. The largest absolute Gasteiger partial charge is 0.494 e. The second-order valence-corrected chi connectivity index (χ2v) is 10.6. The van der Waals surface area contributed by atoms with Gasteiger partial charge >= 0.3 is 12.8 Å². The zero-order valence-electron chi connectivity index (χ0n) is 21.4. The molecule has 1 N–H and O–H groups in total. The number of benzene rings is 2. The fourth-order valence-corrected chi connectivity index (χ4v) is 4.48. The fraction of sp³-hybridized carbons (Fsp3) is 0.370. The lowest BCUT2D eigenvalue weighted by atomic mass is 9.79. The molecule has 0 aliphatic carbocycles. The van der Waals surface area contributed by atoms with Crippen molar-refractivity contribution < 1.29 is 13.7 Å². The van der Waals surface area contributed by atoms with E-state index in [0.717, 1.165) is 11.0 Å². The summed E-state index contributed by atoms with van der Waals surface area (Å²) in [6, 6.07) is 12.7. The third-order valence-corrected chi connectivity index (χ3v) is 7.23. The average molecular weight is 488 g/mol. The number of rotatable bonds is 5. The number of hydrogen-bond donors (Lipinski definition) is 1. The maximum absolute atomic E-state index is 14.6. The summed E-state index contributed by atoms with van der Waals surface area (Å²) in [7, 11) is -0.448. The normalized spacial score (nSPS) is 16.8. The first-order chi connectivity index (χ1) is 17.0. The van der Waals surface area contributed by atoms with Crippen molar-refractivity contribution in [3.63, 3.8) is 0 Å². The van der Waals surface area contributed by atoms with Crippen molar-refractivity contribution in [2.24, 2.45) is 0 Å². The Bertz CT molecular complexity index is 1480. The number of hydrogen-bond acceptors (Lipinski definition) is 5. The third kappa shape index (κ3) is 4.16. The van der Waals surface area contributed by atoms with Gasteiger partial charge in [-0.2, -0.15) is 0 Å². The predicted octanol–water partition coefficient (Wildman–Crippen LogP) is 4.40. The molecule has 0 bridgehead atoms. The highest BCUT2D eigenvalue weighted by Gasteiger charge is 2.51. The number of nitrogens with one attached hydrogen (secondary N) is 1. The molecule has 4 aromatic rings. The standard InChI is InChI=1S/C27H30BFN4O3/c1-16(2)22-19(8-7-9-20(22)29)23-30-14-21-24(32-23)33(25(34)31-21)15-17-10-12-18(13-11-17)28-35-26(3,4)27(5,6)36-28/h7-14,16H,15H2,1-6H3,(H,31,34). The van der Waals surface area contributed by atoms with Crippen molar-refractivity contribution >= 4 is 23.7 Å². The molecule has 2 aromatic heterocycles. The summed E-state index contributed by atoms with van der Waals surface area (Å²) in [4.78, 5) is 24.7. The number of halogens is 1. The van der Waals surface area contributed by atoms with Crippen molar-refractivity contribution in [1.29, 1.82) is 0 Å². The minimum Gasteiger partial charge on any atom is -0.399 e. The van der Waals surface area contributed by atoms with E-state index in [1.54, 1.807) is 16.8 Å². The van der Waals surface area contributed by atoms with E-state index in [1.165, 1.54) is 6.07 Å². The molecule has 0 unspecified atom stereocenters. The van der Waals surface area contributed by atoms with E-state index in [9.17, 15) is 9.18 Å². The van der Waals surface area contributed by atoms with Crippen LogP contribution in [-0.4, -0.2) is 37.8 Å². The first kappa shape index (κ1) is 24.4. The van der Waals surface area contributed by atoms with Crippen LogP contribution in [0.15, 0.2) is 53.5 Å². The molecule has 186 valence electrons. The quantitative estimate of drug-likeness (QED) is 0.422. The number of nitrogens with zero attached hydrogens (tertiary/aromatic N) is 3. The van der Waals surface area contributed by atoms with Crippen LogP contribution in [0.1, 0.15) is 58.6 Å². The van der Waals surface area contributed by atoms with Crippen LogP contribution in [0.5, 0.6) is 0 Å². The molecular formula is C27H30BFN4O3. The molecule has 0 amide bonds. The zero-order valence-corrected chi connectivity index (χ0v) is 21.4. The van der Waals surface area contributed by atoms with Crippen LogP contribution in [0.2, 0.25) is 0 Å². The lowest BCUT2D eigenvalue weighted by Gasteiger charge is -2.32. The first-order valence-electron chi connectivity index (χ1n) is 12.2. The Morgan fingerprint density at radius 1 is 1.06 bits per heavy atom. The smallest absolute Gasteiger partial charge is 0.399 e. The second kappa shape index (κ2) is 8.67. The number of H-pyrrole nitrogens is 1. The van der Waals surface area contributed by atoms with Crippen molar-refractivity contribution in [3.8, 4) is 11.4 Å². The van der Waals surface area contributed by atoms with Crippen LogP contribution >= 0.6 is 0 Å². The average Bonchev–Trinajstić information content (AvgIpc) is 3.24. The van der Waals surface area contributed by atoms with Gasteiger partial charge in [0, 0.05) is 11.1 Å². The van der Waals surface area contributed by atoms with E-state index >= 15 is 0 Å². The maximum Gasteiger partial charge on any atom is 0.494 e. The number of aromatic nitrogens is 4. The molecule has 1 aliphatic rings. The summed E-state index contributed by atoms with van der Waals surface area (Å²) in [5.41, 5.74) is 2.91. The zero-order chi connectivity index (χ0) is 25.8. The molecule has 1 fully saturated rings. The molecule has 2 aromatic carbocycles. The van der Waals surface area contributed by atoms with Gasteiger partial charge in [0.1, 0.15) is 11.3 Å². The molecule has 1 aliphatic heterocycles. The summed E-state index contributed by atoms with van der Waals surface area (Å²) in [6.07, 6.45) is 1.58. The molecular weight excluding hydrogens is 458 g/mol. The number of fused-ring (bicyclic) bond motifs is 1. The highest BCUT2D eigenvalue weighted by molar-refractivity contribution is 6.62. The van der Waals surface area contributed by atoms with Gasteiger partial charge in [0.05, 0.1) is 23.9 Å². The highest BCUT2D eigenvalue weighted by Crippen LogP contribution is 2.36. The van der Waals surface area contributed by atoms with Crippen LogP contribution in [0.3, 0.4) is 0 Å². The summed E-state index contributed by atoms with van der Waals surface area (Å²) in [5, 5.41) is 0. The maximum atomic E-state index is 14.6. The van der Waals surface area contributed by atoms with Crippen molar-refractivity contribution in [2.45, 2.75) is 65.2 Å². The van der Waals surface area contributed by atoms with Crippen LogP contribution in [-0.2, 0) is 15.9 Å². The Balaban J connectivity index is 1.46. The monoisotopic (exact) mass is 488 g/mol. The van der Waals surface area contributed by atoms with Gasteiger partial charge < -0.3 is 14.3 Å². The fourth-order valence-electron chi connectivity index (χ4n) is 4.48. The Morgan fingerprint density at radius 3 is 2.36 bits per heavy atom. The lowest BCUT2D eigenvalue weighted by Crippen LogP contribution is -2.41. The van der Waals surface area contributed by atoms with Crippen molar-refractivity contribution in [3.05, 3.63) is 76.1 Å². The Hall–Kier alpha value is -3.30. The van der Waals surface area contributed by atoms with E-state index in [-0.39, 0.29) is 17.4 Å². The van der Waals surface area contributed by atoms with Crippen LogP contribution in [0, 0.1) is 5.82 Å². The summed E-state index contributed by atoms with van der Waals surface area (Å²) < 4.78 is 28.4. The summed E-state index contributed by atoms with van der Waals surface area (Å²) in [5.74, 6) is 0.0470. The Labute approximate surface area is 209 Å². The molecule has 5 rings (SSSR count). The topological polar surface area (TPSA) is 82.0 Å². The number of aromatic amines is 1. The summed E-state index contributed by atoms with van der Waals surface area (Å²) >= 11 is 0. The van der Waals surface area contributed by atoms with Gasteiger partial charge in [0.25, 0.3) is 0 Å². The minimum absolute atomic E-state index is 0.0450. The van der Waals surface area contributed by atoms with E-state index < -0.39 is 18.3 Å². The Morgan fingerprint density at radius 2 is 1.72 bits per heavy atom.